The van der Waals surface area contributed by atoms with Crippen molar-refractivity contribution >= 4 is 67.8 Å². The average molecular weight is 680 g/mol. The average Bonchev–Trinajstić information content (AvgIpc) is 3.44. The van der Waals surface area contributed by atoms with E-state index in [0.717, 1.165) is 12.8 Å². The fraction of sp³-hybridized carbons (Fsp3) is 0.0800. The molecule has 0 amide bonds. The Bertz CT molecular complexity index is 2830. The predicted molar refractivity (Wildman–Crippen MR) is 225 cm³/mol. The third-order valence-electron chi connectivity index (χ3n) is 12.0. The van der Waals surface area contributed by atoms with E-state index in [1.54, 1.807) is 5.19 Å². The minimum absolute atomic E-state index is 1.09. The number of nitrogens with zero attached hydrogens (tertiary/aromatic N) is 1. The number of rotatable bonds is 4. The zero-order chi connectivity index (χ0) is 34.6. The molecule has 2 heteroatoms. The Morgan fingerprint density at radius 3 is 1.90 bits per heavy atom. The lowest BCUT2D eigenvalue weighted by atomic mass is 9.82. The van der Waals surface area contributed by atoms with Gasteiger partial charge in [0.2, 0.25) is 0 Å². The van der Waals surface area contributed by atoms with Crippen LogP contribution in [0.25, 0.3) is 65.7 Å². The lowest BCUT2D eigenvalue weighted by Crippen LogP contribution is -2.49. The van der Waals surface area contributed by atoms with Crippen LogP contribution in [0.5, 0.6) is 0 Å². The van der Waals surface area contributed by atoms with E-state index in [9.17, 15) is 0 Å². The highest BCUT2D eigenvalue weighted by Crippen LogP contribution is 2.47. The molecular formula is C50H37NSi. The molecule has 0 spiro atoms. The minimum atomic E-state index is -2.16. The second kappa shape index (κ2) is 11.0. The number of para-hydroxylation sites is 2. The number of benzene rings is 9. The van der Waals surface area contributed by atoms with Crippen LogP contribution in [-0.2, 0) is 12.8 Å². The van der Waals surface area contributed by atoms with Crippen LogP contribution in [0.15, 0.2) is 164 Å². The van der Waals surface area contributed by atoms with Gasteiger partial charge in [-0.1, -0.05) is 134 Å². The van der Waals surface area contributed by atoms with Crippen LogP contribution in [-0.4, -0.2) is 8.07 Å². The molecule has 0 saturated carbocycles. The van der Waals surface area contributed by atoms with E-state index in [1.165, 1.54) is 99.1 Å². The van der Waals surface area contributed by atoms with Crippen molar-refractivity contribution in [1.82, 2.24) is 0 Å². The lowest BCUT2D eigenvalue weighted by molar-refractivity contribution is 0.942. The van der Waals surface area contributed by atoms with Gasteiger partial charge in [0.15, 0.2) is 0 Å². The molecule has 246 valence electrons. The maximum atomic E-state index is 2.57. The van der Waals surface area contributed by atoms with Crippen LogP contribution in [0, 0.1) is 0 Å². The Kier molecular flexibility index (Phi) is 6.30. The minimum Gasteiger partial charge on any atom is -0.311 e. The topological polar surface area (TPSA) is 3.24 Å². The number of anilines is 3. The Hall–Kier alpha value is -5.96. The smallest absolute Gasteiger partial charge is 0.114 e. The van der Waals surface area contributed by atoms with Gasteiger partial charge in [-0.3, -0.25) is 0 Å². The van der Waals surface area contributed by atoms with Crippen molar-refractivity contribution in [1.29, 1.82) is 0 Å². The summed E-state index contributed by atoms with van der Waals surface area (Å²) < 4.78 is 0. The summed E-state index contributed by atoms with van der Waals surface area (Å²) in [6.07, 6.45) is 2.19. The predicted octanol–water partition coefficient (Wildman–Crippen LogP) is 12.3. The zero-order valence-electron chi connectivity index (χ0n) is 29.4. The highest BCUT2D eigenvalue weighted by Gasteiger charge is 2.41. The number of hydrogen-bond donors (Lipinski definition) is 0. The summed E-state index contributed by atoms with van der Waals surface area (Å²) in [6, 6.07) is 61.6. The van der Waals surface area contributed by atoms with Crippen LogP contribution in [0.2, 0.25) is 13.1 Å². The molecule has 0 radical (unpaired) electrons. The van der Waals surface area contributed by atoms with E-state index in [2.05, 4.69) is 182 Å². The van der Waals surface area contributed by atoms with Crippen LogP contribution >= 0.6 is 0 Å². The van der Waals surface area contributed by atoms with Gasteiger partial charge in [-0.2, -0.15) is 0 Å². The van der Waals surface area contributed by atoms with Crippen molar-refractivity contribution < 1.29 is 0 Å². The van der Waals surface area contributed by atoms with Gasteiger partial charge in [0.05, 0.1) is 0 Å². The molecule has 52 heavy (non-hydrogen) atoms. The molecule has 1 heterocycles. The first-order valence-electron chi connectivity index (χ1n) is 18.6. The van der Waals surface area contributed by atoms with Gasteiger partial charge in [0.25, 0.3) is 0 Å². The van der Waals surface area contributed by atoms with E-state index in [0.29, 0.717) is 0 Å². The number of aryl methyl sites for hydroxylation is 2. The molecule has 9 aromatic rings. The second-order valence-electron chi connectivity index (χ2n) is 15.2. The van der Waals surface area contributed by atoms with Gasteiger partial charge in [-0.15, -0.1) is 0 Å². The molecule has 0 saturated heterocycles. The standard InChI is InChI=1S/C50H37NSi/c1-52(2)46-31-38(51(36-15-5-3-6-16-36)37-17-7-4-8-18-37)26-28-42(46)49-43-21-11-14-35-30-45(41-20-12-22-44(50(49)52)48(41)47(35)43)34-25-27-40-33(29-34)24-23-32-13-9-10-19-39(32)40/h3-22,25-31H,23-24H2,1-2H3. The highest BCUT2D eigenvalue weighted by molar-refractivity contribution is 7.05. The van der Waals surface area contributed by atoms with Crippen LogP contribution in [0.1, 0.15) is 11.1 Å². The van der Waals surface area contributed by atoms with Gasteiger partial charge >= 0.3 is 0 Å². The summed E-state index contributed by atoms with van der Waals surface area (Å²) in [5.41, 5.74) is 14.8. The molecule has 0 bridgehead atoms. The quantitative estimate of drug-likeness (QED) is 0.132. The van der Waals surface area contributed by atoms with E-state index < -0.39 is 8.07 Å². The van der Waals surface area contributed by atoms with Crippen LogP contribution in [0.3, 0.4) is 0 Å². The fourth-order valence-corrected chi connectivity index (χ4v) is 13.2. The van der Waals surface area contributed by atoms with Crippen LogP contribution in [0.4, 0.5) is 17.1 Å². The van der Waals surface area contributed by atoms with Crippen LogP contribution < -0.4 is 15.3 Å². The molecule has 0 fully saturated rings. The maximum Gasteiger partial charge on any atom is 0.114 e. The third-order valence-corrected chi connectivity index (χ3v) is 15.6. The maximum absolute atomic E-state index is 2.57. The van der Waals surface area contributed by atoms with Crippen molar-refractivity contribution in [3.05, 3.63) is 175 Å². The first kappa shape index (κ1) is 29.7. The molecule has 11 rings (SSSR count). The van der Waals surface area contributed by atoms with Gasteiger partial charge in [-0.25, -0.2) is 0 Å². The zero-order valence-corrected chi connectivity index (χ0v) is 30.4. The van der Waals surface area contributed by atoms with E-state index in [4.69, 9.17) is 0 Å². The van der Waals surface area contributed by atoms with Gasteiger partial charge < -0.3 is 4.90 Å². The molecule has 1 nitrogen and oxygen atoms in total. The summed E-state index contributed by atoms with van der Waals surface area (Å²) in [5.74, 6) is 0. The first-order chi connectivity index (χ1) is 25.6. The Labute approximate surface area is 305 Å². The molecule has 0 unspecified atom stereocenters. The summed E-state index contributed by atoms with van der Waals surface area (Å²) in [4.78, 5) is 2.40. The second-order valence-corrected chi connectivity index (χ2v) is 19.5. The summed E-state index contributed by atoms with van der Waals surface area (Å²) >= 11 is 0. The monoisotopic (exact) mass is 679 g/mol. The Balaban J connectivity index is 1.13. The lowest BCUT2D eigenvalue weighted by Gasteiger charge is -2.27. The van der Waals surface area contributed by atoms with E-state index in [1.807, 2.05) is 0 Å². The van der Waals surface area contributed by atoms with Gasteiger partial charge in [0, 0.05) is 17.1 Å². The number of hydrogen-bond acceptors (Lipinski definition) is 1. The molecule has 2 aliphatic rings. The van der Waals surface area contributed by atoms with Crippen molar-refractivity contribution in [3.8, 4) is 33.4 Å². The van der Waals surface area contributed by atoms with Crippen molar-refractivity contribution in [2.45, 2.75) is 25.9 Å². The molecule has 0 N–H and O–H groups in total. The van der Waals surface area contributed by atoms with Crippen molar-refractivity contribution in [2.24, 2.45) is 0 Å². The largest absolute Gasteiger partial charge is 0.311 e. The summed E-state index contributed by atoms with van der Waals surface area (Å²) in [6.45, 7) is 5.14. The molecule has 0 aromatic heterocycles. The van der Waals surface area contributed by atoms with Crippen molar-refractivity contribution in [3.63, 3.8) is 0 Å². The fourth-order valence-electron chi connectivity index (χ4n) is 9.75. The Morgan fingerprint density at radius 2 is 1.10 bits per heavy atom. The molecule has 1 aliphatic heterocycles. The molecule has 1 aliphatic carbocycles. The van der Waals surface area contributed by atoms with E-state index in [-0.39, 0.29) is 0 Å². The third kappa shape index (κ3) is 4.16. The van der Waals surface area contributed by atoms with Gasteiger partial charge in [-0.05, 0) is 143 Å². The number of fused-ring (bicyclic) bond motifs is 8. The summed E-state index contributed by atoms with van der Waals surface area (Å²) in [5, 5.41) is 11.4. The molecule has 0 atom stereocenters. The normalized spacial score (nSPS) is 14.0. The molecule has 9 aromatic carbocycles. The van der Waals surface area contributed by atoms with Gasteiger partial charge in [0.1, 0.15) is 8.07 Å². The Morgan fingerprint density at radius 1 is 0.442 bits per heavy atom. The SMILES string of the molecule is C[Si]1(C)c2cc(N(c3ccccc3)c3ccccc3)ccc2-c2c1c1cccc3c(-c4ccc5c(c4)CCc4ccccc4-5)cc4cccc2c4c31. The highest BCUT2D eigenvalue weighted by atomic mass is 28.3. The molecular weight excluding hydrogens is 643 g/mol. The van der Waals surface area contributed by atoms with E-state index >= 15 is 0 Å². The summed E-state index contributed by atoms with van der Waals surface area (Å²) in [7, 11) is -2.16. The first-order valence-corrected chi connectivity index (χ1v) is 21.6. The van der Waals surface area contributed by atoms with Crippen molar-refractivity contribution in [2.75, 3.05) is 4.90 Å².